The SMILES string of the molecule is Cn1nncc1S(=O)(=O)N1CCc2ccccc2C1C(=O)O. The van der Waals surface area contributed by atoms with Crippen LogP contribution in [0.5, 0.6) is 0 Å². The number of carboxylic acids is 1. The molecule has 9 heteroatoms. The van der Waals surface area contributed by atoms with E-state index in [1.165, 1.54) is 7.05 Å². The van der Waals surface area contributed by atoms with E-state index in [1.54, 1.807) is 12.1 Å². The van der Waals surface area contributed by atoms with Gasteiger partial charge in [0.05, 0.1) is 6.20 Å². The molecule has 2 heterocycles. The summed E-state index contributed by atoms with van der Waals surface area (Å²) in [6.07, 6.45) is 1.58. The first kappa shape index (κ1) is 14.7. The lowest BCUT2D eigenvalue weighted by atomic mass is 9.94. The number of carbonyl (C=O) groups is 1. The minimum absolute atomic E-state index is 0.0987. The molecule has 0 radical (unpaired) electrons. The number of aliphatic carboxylic acids is 1. The Balaban J connectivity index is 2.12. The molecule has 8 nitrogen and oxygen atoms in total. The third-order valence-corrected chi connectivity index (χ3v) is 5.63. The molecule has 0 aliphatic carbocycles. The van der Waals surface area contributed by atoms with E-state index in [0.717, 1.165) is 20.7 Å². The van der Waals surface area contributed by atoms with E-state index in [2.05, 4.69) is 10.3 Å². The van der Waals surface area contributed by atoms with Gasteiger partial charge in [-0.1, -0.05) is 29.5 Å². The number of hydrogen-bond acceptors (Lipinski definition) is 5. The van der Waals surface area contributed by atoms with Gasteiger partial charge in [0, 0.05) is 13.6 Å². The van der Waals surface area contributed by atoms with Crippen LogP contribution in [0, 0.1) is 0 Å². The van der Waals surface area contributed by atoms with Crippen LogP contribution in [-0.4, -0.2) is 45.3 Å². The van der Waals surface area contributed by atoms with E-state index >= 15 is 0 Å². The summed E-state index contributed by atoms with van der Waals surface area (Å²) in [5.41, 5.74) is 1.35. The monoisotopic (exact) mass is 322 g/mol. The van der Waals surface area contributed by atoms with E-state index in [-0.39, 0.29) is 11.6 Å². The highest BCUT2D eigenvalue weighted by atomic mass is 32.2. The molecule has 1 aromatic heterocycles. The first-order valence-corrected chi connectivity index (χ1v) is 8.04. The maximum atomic E-state index is 12.8. The van der Waals surface area contributed by atoms with Crippen LogP contribution in [0.15, 0.2) is 35.5 Å². The van der Waals surface area contributed by atoms with Crippen molar-refractivity contribution >= 4 is 16.0 Å². The molecule has 0 bridgehead atoms. The number of carboxylic acid groups (broad SMARTS) is 1. The normalized spacial score (nSPS) is 18.9. The number of rotatable bonds is 3. The molecule has 0 saturated heterocycles. The molecule has 1 aliphatic heterocycles. The van der Waals surface area contributed by atoms with Gasteiger partial charge < -0.3 is 5.11 Å². The molecule has 1 atom stereocenters. The van der Waals surface area contributed by atoms with Crippen molar-refractivity contribution in [3.63, 3.8) is 0 Å². The molecule has 0 spiro atoms. The zero-order valence-electron chi connectivity index (χ0n) is 11.7. The summed E-state index contributed by atoms with van der Waals surface area (Å²) in [6.45, 7) is 0.0987. The Labute approximate surface area is 127 Å². The highest BCUT2D eigenvalue weighted by Crippen LogP contribution is 2.33. The van der Waals surface area contributed by atoms with Crippen LogP contribution >= 0.6 is 0 Å². The molecule has 3 rings (SSSR count). The van der Waals surface area contributed by atoms with Crippen molar-refractivity contribution in [1.82, 2.24) is 19.3 Å². The van der Waals surface area contributed by atoms with Crippen molar-refractivity contribution in [2.24, 2.45) is 7.05 Å². The molecular weight excluding hydrogens is 308 g/mol. The van der Waals surface area contributed by atoms with E-state index in [0.29, 0.717) is 12.0 Å². The molecule has 2 aromatic rings. The number of hydrogen-bond donors (Lipinski definition) is 1. The van der Waals surface area contributed by atoms with E-state index in [4.69, 9.17) is 0 Å². The van der Waals surface area contributed by atoms with Crippen molar-refractivity contribution < 1.29 is 18.3 Å². The largest absolute Gasteiger partial charge is 0.480 e. The summed E-state index contributed by atoms with van der Waals surface area (Å²) >= 11 is 0. The molecule has 22 heavy (non-hydrogen) atoms. The number of aryl methyl sites for hydroxylation is 1. The van der Waals surface area contributed by atoms with Crippen LogP contribution in [0.3, 0.4) is 0 Å². The average molecular weight is 322 g/mol. The lowest BCUT2D eigenvalue weighted by Gasteiger charge is -2.33. The van der Waals surface area contributed by atoms with Crippen LogP contribution in [0.1, 0.15) is 17.2 Å². The summed E-state index contributed by atoms with van der Waals surface area (Å²) in [4.78, 5) is 11.7. The smallest absolute Gasteiger partial charge is 0.326 e. The van der Waals surface area contributed by atoms with E-state index in [9.17, 15) is 18.3 Å². The lowest BCUT2D eigenvalue weighted by Crippen LogP contribution is -2.43. The third-order valence-electron chi connectivity index (χ3n) is 3.72. The average Bonchev–Trinajstić information content (AvgIpc) is 2.92. The maximum Gasteiger partial charge on any atom is 0.326 e. The summed E-state index contributed by atoms with van der Waals surface area (Å²) in [7, 11) is -2.54. The van der Waals surface area contributed by atoms with Gasteiger partial charge in [-0.25, -0.2) is 13.1 Å². The second-order valence-electron chi connectivity index (χ2n) is 5.00. The van der Waals surface area contributed by atoms with Gasteiger partial charge in [-0.2, -0.15) is 4.31 Å². The predicted molar refractivity (Wildman–Crippen MR) is 75.4 cm³/mol. The molecule has 1 N–H and O–H groups in total. The van der Waals surface area contributed by atoms with Gasteiger partial charge in [0.2, 0.25) is 0 Å². The molecular formula is C13H14N4O4S. The first-order chi connectivity index (χ1) is 10.4. The summed E-state index contributed by atoms with van der Waals surface area (Å²) < 4.78 is 27.6. The number of sulfonamides is 1. The Morgan fingerprint density at radius 2 is 2.09 bits per heavy atom. The van der Waals surface area contributed by atoms with Crippen LogP contribution in [-0.2, 0) is 28.3 Å². The predicted octanol–water partition coefficient (Wildman–Crippen LogP) is 0.188. The van der Waals surface area contributed by atoms with E-state index in [1.807, 2.05) is 12.1 Å². The summed E-state index contributed by atoms with van der Waals surface area (Å²) in [6, 6.07) is 5.74. The van der Waals surface area contributed by atoms with Crippen LogP contribution in [0.25, 0.3) is 0 Å². The number of benzene rings is 1. The van der Waals surface area contributed by atoms with Gasteiger partial charge >= 0.3 is 5.97 Å². The molecule has 116 valence electrons. The zero-order valence-corrected chi connectivity index (χ0v) is 12.6. The molecule has 1 aliphatic rings. The fraction of sp³-hybridized carbons (Fsp3) is 0.308. The fourth-order valence-corrected chi connectivity index (χ4v) is 4.30. The second-order valence-corrected chi connectivity index (χ2v) is 6.84. The zero-order chi connectivity index (χ0) is 15.9. The Morgan fingerprint density at radius 3 is 2.73 bits per heavy atom. The van der Waals surface area contributed by atoms with Gasteiger partial charge in [0.15, 0.2) is 5.03 Å². The topological polar surface area (TPSA) is 105 Å². The van der Waals surface area contributed by atoms with Gasteiger partial charge in [-0.05, 0) is 17.5 Å². The molecule has 0 saturated carbocycles. The minimum Gasteiger partial charge on any atom is -0.480 e. The second kappa shape index (κ2) is 5.18. The number of nitrogens with zero attached hydrogens (tertiary/aromatic N) is 4. The summed E-state index contributed by atoms with van der Waals surface area (Å²) in [5.74, 6) is -1.20. The Kier molecular flexibility index (Phi) is 3.45. The highest BCUT2D eigenvalue weighted by Gasteiger charge is 2.41. The molecule has 0 amide bonds. The third kappa shape index (κ3) is 2.18. The van der Waals surface area contributed by atoms with Crippen molar-refractivity contribution in [2.75, 3.05) is 6.54 Å². The number of aromatic nitrogens is 3. The quantitative estimate of drug-likeness (QED) is 0.864. The molecule has 1 unspecified atom stereocenters. The van der Waals surface area contributed by atoms with Gasteiger partial charge in [-0.15, -0.1) is 5.10 Å². The van der Waals surface area contributed by atoms with Crippen molar-refractivity contribution in [3.8, 4) is 0 Å². The summed E-state index contributed by atoms with van der Waals surface area (Å²) in [5, 5.41) is 16.6. The van der Waals surface area contributed by atoms with Crippen LogP contribution in [0.2, 0.25) is 0 Å². The Morgan fingerprint density at radius 1 is 1.36 bits per heavy atom. The van der Waals surface area contributed by atoms with Crippen molar-refractivity contribution in [1.29, 1.82) is 0 Å². The van der Waals surface area contributed by atoms with Crippen LogP contribution < -0.4 is 0 Å². The molecule has 1 aromatic carbocycles. The van der Waals surface area contributed by atoms with Gasteiger partial charge in [0.1, 0.15) is 6.04 Å². The first-order valence-electron chi connectivity index (χ1n) is 6.60. The Hall–Kier alpha value is -2.26. The standard InChI is InChI=1S/C13H14N4O4S/c1-16-11(8-14-15-16)22(20,21)17-7-6-9-4-2-3-5-10(9)12(17)13(18)19/h2-5,8,12H,6-7H2,1H3,(H,18,19). The molecule has 0 fully saturated rings. The fourth-order valence-electron chi connectivity index (χ4n) is 2.69. The van der Waals surface area contributed by atoms with Crippen molar-refractivity contribution in [2.45, 2.75) is 17.5 Å². The minimum atomic E-state index is -4.00. The van der Waals surface area contributed by atoms with E-state index < -0.39 is 22.0 Å². The lowest BCUT2D eigenvalue weighted by molar-refractivity contribution is -0.142. The highest BCUT2D eigenvalue weighted by molar-refractivity contribution is 7.89. The number of fused-ring (bicyclic) bond motifs is 1. The van der Waals surface area contributed by atoms with Crippen molar-refractivity contribution in [3.05, 3.63) is 41.6 Å². The van der Waals surface area contributed by atoms with Crippen LogP contribution in [0.4, 0.5) is 0 Å². The Bertz CT molecular complexity index is 830. The van der Waals surface area contributed by atoms with Gasteiger partial charge in [0.25, 0.3) is 10.0 Å². The van der Waals surface area contributed by atoms with Gasteiger partial charge in [-0.3, -0.25) is 4.79 Å². The maximum absolute atomic E-state index is 12.8.